The molecule has 0 saturated heterocycles. The van der Waals surface area contributed by atoms with Crippen LogP contribution in [0.4, 0.5) is 0 Å². The molecule has 2 N–H and O–H groups in total. The molecule has 4 rings (SSSR count). The maximum Gasteiger partial charge on any atom is 0.270 e. The van der Waals surface area contributed by atoms with E-state index in [4.69, 9.17) is 4.74 Å². The lowest BCUT2D eigenvalue weighted by Crippen LogP contribution is -2.37. The molecule has 0 unspecified atom stereocenters. The Kier molecular flexibility index (Phi) is 7.59. The quantitative estimate of drug-likeness (QED) is 0.366. The zero-order chi connectivity index (χ0) is 26.8. The van der Waals surface area contributed by atoms with E-state index in [1.165, 1.54) is 0 Å². The van der Waals surface area contributed by atoms with Crippen molar-refractivity contribution in [2.75, 3.05) is 6.61 Å². The minimum atomic E-state index is -3.82. The largest absolute Gasteiger partial charge is 0.494 e. The van der Waals surface area contributed by atoms with Crippen molar-refractivity contribution >= 4 is 15.9 Å². The Hall–Kier alpha value is -3.39. The summed E-state index contributed by atoms with van der Waals surface area (Å²) in [5.41, 5.74) is 2.42. The summed E-state index contributed by atoms with van der Waals surface area (Å²) in [6, 6.07) is 16.7. The molecule has 1 heterocycles. The van der Waals surface area contributed by atoms with Crippen molar-refractivity contribution in [2.24, 2.45) is 0 Å². The van der Waals surface area contributed by atoms with Crippen LogP contribution in [0.5, 0.6) is 5.75 Å². The van der Waals surface area contributed by atoms with Crippen molar-refractivity contribution in [3.63, 3.8) is 0 Å². The van der Waals surface area contributed by atoms with E-state index in [2.05, 4.69) is 37.4 Å². The van der Waals surface area contributed by atoms with Crippen LogP contribution in [-0.4, -0.2) is 31.2 Å². The Morgan fingerprint density at radius 3 is 2.22 bits per heavy atom. The van der Waals surface area contributed by atoms with Crippen molar-refractivity contribution in [1.29, 1.82) is 0 Å². The minimum absolute atomic E-state index is 0.0721. The fraction of sp³-hybridized carbons (Fsp3) is 0.379. The van der Waals surface area contributed by atoms with Gasteiger partial charge in [-0.1, -0.05) is 58.4 Å². The number of H-pyrrole nitrogens is 1. The van der Waals surface area contributed by atoms with Gasteiger partial charge in [-0.2, -0.15) is 0 Å². The number of aromatic amines is 1. The zero-order valence-corrected chi connectivity index (χ0v) is 22.6. The van der Waals surface area contributed by atoms with Crippen molar-refractivity contribution < 1.29 is 17.9 Å². The van der Waals surface area contributed by atoms with Crippen LogP contribution in [0.3, 0.4) is 0 Å². The van der Waals surface area contributed by atoms with Gasteiger partial charge in [0.2, 0.25) is 10.0 Å². The first kappa shape index (κ1) is 26.7. The molecule has 0 spiro atoms. The van der Waals surface area contributed by atoms with E-state index in [0.717, 1.165) is 29.7 Å². The smallest absolute Gasteiger partial charge is 0.270 e. The zero-order valence-electron chi connectivity index (χ0n) is 21.8. The van der Waals surface area contributed by atoms with Crippen molar-refractivity contribution in [3.8, 4) is 28.1 Å². The number of hydrogen-bond donors (Lipinski definition) is 2. The minimum Gasteiger partial charge on any atom is -0.494 e. The number of pyridine rings is 1. The Morgan fingerprint density at radius 2 is 1.65 bits per heavy atom. The number of benzene rings is 2. The summed E-state index contributed by atoms with van der Waals surface area (Å²) in [6.45, 7) is 9.04. The molecule has 0 bridgehead atoms. The topological polar surface area (TPSA) is 105 Å². The molecule has 37 heavy (non-hydrogen) atoms. The van der Waals surface area contributed by atoms with Crippen LogP contribution in [-0.2, 0) is 15.4 Å². The Morgan fingerprint density at radius 1 is 1.03 bits per heavy atom. The average Bonchev–Trinajstić information content (AvgIpc) is 3.70. The lowest BCUT2D eigenvalue weighted by molar-refractivity contribution is 0.0980. The van der Waals surface area contributed by atoms with E-state index in [1.807, 2.05) is 48.5 Å². The number of ether oxygens (including phenoxy) is 1. The third-order valence-electron chi connectivity index (χ3n) is 6.45. The second-order valence-electron chi connectivity index (χ2n) is 10.5. The first-order valence-electron chi connectivity index (χ1n) is 12.7. The highest BCUT2D eigenvalue weighted by atomic mass is 32.2. The average molecular weight is 523 g/mol. The molecule has 0 aliphatic heterocycles. The molecule has 3 aromatic rings. The van der Waals surface area contributed by atoms with Gasteiger partial charge in [-0.25, -0.2) is 13.1 Å². The summed E-state index contributed by atoms with van der Waals surface area (Å²) in [5, 5.41) is -0.581. The fourth-order valence-electron chi connectivity index (χ4n) is 4.03. The Bertz CT molecular complexity index is 1430. The molecular formula is C29H34N2O5S. The van der Waals surface area contributed by atoms with E-state index < -0.39 is 26.7 Å². The van der Waals surface area contributed by atoms with Crippen LogP contribution >= 0.6 is 0 Å². The van der Waals surface area contributed by atoms with Crippen LogP contribution < -0.4 is 15.0 Å². The third-order valence-corrected chi connectivity index (χ3v) is 8.27. The van der Waals surface area contributed by atoms with Gasteiger partial charge in [0.25, 0.3) is 11.5 Å². The number of hydrogen-bond acceptors (Lipinski definition) is 5. The highest BCUT2D eigenvalue weighted by Crippen LogP contribution is 2.31. The number of unbranched alkanes of at least 4 members (excludes halogenated alkanes) is 1. The molecule has 2 aromatic carbocycles. The number of carbonyl (C=O) groups is 1. The van der Waals surface area contributed by atoms with E-state index >= 15 is 0 Å². The van der Waals surface area contributed by atoms with Crippen LogP contribution in [0.2, 0.25) is 0 Å². The summed E-state index contributed by atoms with van der Waals surface area (Å²) >= 11 is 0. The van der Waals surface area contributed by atoms with Gasteiger partial charge in [-0.3, -0.25) is 9.59 Å². The molecule has 0 atom stereocenters. The van der Waals surface area contributed by atoms with Crippen LogP contribution in [0, 0.1) is 0 Å². The van der Waals surface area contributed by atoms with Gasteiger partial charge < -0.3 is 9.72 Å². The van der Waals surface area contributed by atoms with Crippen molar-refractivity contribution in [1.82, 2.24) is 9.71 Å². The molecule has 1 aliphatic rings. The molecule has 7 nitrogen and oxygen atoms in total. The highest BCUT2D eigenvalue weighted by molar-refractivity contribution is 7.91. The van der Waals surface area contributed by atoms with Crippen LogP contribution in [0.1, 0.15) is 69.3 Å². The molecule has 1 fully saturated rings. The maximum absolute atomic E-state index is 13.3. The number of amides is 1. The number of rotatable bonds is 9. The maximum atomic E-state index is 13.3. The highest BCUT2D eigenvalue weighted by Gasteiger charge is 2.37. The Balaban J connectivity index is 1.76. The molecule has 0 radical (unpaired) electrons. The normalized spacial score (nSPS) is 13.8. The second-order valence-corrected chi connectivity index (χ2v) is 12.5. The molecule has 196 valence electrons. The SMILES string of the molecule is CCCCOc1ccc(-c2cc(-c3ccc(C(C)(C)C)cc3)c(C(=O)NS(=O)(=O)C3CC3)c(=O)[nH]2)cc1. The van der Waals surface area contributed by atoms with E-state index in [1.54, 1.807) is 6.07 Å². The second kappa shape index (κ2) is 10.5. The summed E-state index contributed by atoms with van der Waals surface area (Å²) < 4.78 is 32.7. The molecule has 1 aromatic heterocycles. The standard InChI is InChI=1S/C29H34N2O5S/c1-5-6-17-36-22-13-9-20(10-14-22)25-18-24(19-7-11-21(12-8-19)29(2,3)4)26(27(32)30-25)28(33)31-37(34,35)23-15-16-23/h7-14,18,23H,5-6,15-17H2,1-4H3,(H,30,32)(H,31,33). The lowest BCUT2D eigenvalue weighted by atomic mass is 9.86. The van der Waals surface area contributed by atoms with Gasteiger partial charge in [-0.15, -0.1) is 0 Å². The first-order chi connectivity index (χ1) is 17.5. The van der Waals surface area contributed by atoms with Crippen LogP contribution in [0.25, 0.3) is 22.4 Å². The summed E-state index contributed by atoms with van der Waals surface area (Å²) in [7, 11) is -3.82. The predicted octanol–water partition coefficient (Wildman–Crippen LogP) is 5.41. The predicted molar refractivity (Wildman–Crippen MR) is 146 cm³/mol. The fourth-order valence-corrected chi connectivity index (χ4v) is 5.31. The van der Waals surface area contributed by atoms with Gasteiger partial charge in [0.05, 0.1) is 11.9 Å². The molecule has 1 amide bonds. The number of aromatic nitrogens is 1. The van der Waals surface area contributed by atoms with Crippen LogP contribution in [0.15, 0.2) is 59.4 Å². The van der Waals surface area contributed by atoms with Gasteiger partial charge in [0.15, 0.2) is 0 Å². The molecule has 1 saturated carbocycles. The first-order valence-corrected chi connectivity index (χ1v) is 14.2. The summed E-state index contributed by atoms with van der Waals surface area (Å²) in [6.07, 6.45) is 3.03. The monoisotopic (exact) mass is 522 g/mol. The van der Waals surface area contributed by atoms with Gasteiger partial charge >= 0.3 is 0 Å². The third kappa shape index (κ3) is 6.31. The number of nitrogens with one attached hydrogen (secondary N) is 2. The summed E-state index contributed by atoms with van der Waals surface area (Å²) in [5.74, 6) is -0.187. The summed E-state index contributed by atoms with van der Waals surface area (Å²) in [4.78, 5) is 29.1. The van der Waals surface area contributed by atoms with Gasteiger partial charge in [0.1, 0.15) is 11.3 Å². The van der Waals surface area contributed by atoms with E-state index in [9.17, 15) is 18.0 Å². The molecule has 8 heteroatoms. The molecular weight excluding hydrogens is 488 g/mol. The lowest BCUT2D eigenvalue weighted by Gasteiger charge is -2.19. The van der Waals surface area contributed by atoms with Gasteiger partial charge in [-0.05, 0) is 71.7 Å². The van der Waals surface area contributed by atoms with Gasteiger partial charge in [0, 0.05) is 11.3 Å². The Labute approximate surface area is 218 Å². The number of sulfonamides is 1. The van der Waals surface area contributed by atoms with Crippen molar-refractivity contribution in [3.05, 3.63) is 76.1 Å². The van der Waals surface area contributed by atoms with Crippen molar-refractivity contribution in [2.45, 2.75) is 64.0 Å². The van der Waals surface area contributed by atoms with E-state index in [0.29, 0.717) is 36.3 Å². The van der Waals surface area contributed by atoms with E-state index in [-0.39, 0.29) is 11.0 Å². The number of carbonyl (C=O) groups excluding carboxylic acids is 1. The molecule has 1 aliphatic carbocycles.